The van der Waals surface area contributed by atoms with Gasteiger partial charge in [0.2, 0.25) is 0 Å². The molecule has 0 radical (unpaired) electrons. The summed E-state index contributed by atoms with van der Waals surface area (Å²) in [5, 5.41) is 15.4. The summed E-state index contributed by atoms with van der Waals surface area (Å²) in [6.07, 6.45) is 0. The van der Waals surface area contributed by atoms with Crippen LogP contribution >= 0.6 is 15.9 Å². The number of H-pyrrole nitrogens is 1. The zero-order valence-corrected chi connectivity index (χ0v) is 41.2. The number of aromatic nitrogens is 4. The quantitative estimate of drug-likeness (QED) is 0.183. The molecule has 0 aliphatic rings. The Morgan fingerprint density at radius 1 is 0.247 bits per heavy atom. The van der Waals surface area contributed by atoms with Crippen molar-refractivity contribution in [3.63, 3.8) is 0 Å². The number of halogens is 1. The van der Waals surface area contributed by atoms with Crippen molar-refractivity contribution in [2.45, 2.75) is 0 Å². The van der Waals surface area contributed by atoms with E-state index in [9.17, 15) is 0 Å². The Bertz CT molecular complexity index is 4720. The molecule has 0 saturated heterocycles. The highest BCUT2D eigenvalue weighted by Crippen LogP contribution is 2.45. The number of rotatable bonds is 3. The third kappa shape index (κ3) is 6.96. The summed E-state index contributed by atoms with van der Waals surface area (Å²) < 4.78 is 8.40. The van der Waals surface area contributed by atoms with Crippen molar-refractivity contribution in [3.8, 4) is 17.1 Å². The van der Waals surface area contributed by atoms with E-state index in [0.29, 0.717) is 0 Å². The Morgan fingerprint density at radius 3 is 1.18 bits per heavy atom. The molecule has 0 amide bonds. The number of nitrogens with zero attached hydrogens (tertiary/aromatic N) is 3. The van der Waals surface area contributed by atoms with Crippen LogP contribution in [0, 0.1) is 0 Å². The summed E-state index contributed by atoms with van der Waals surface area (Å²) in [4.78, 5) is 3.61. The molecule has 0 bridgehead atoms. The molecule has 4 heterocycles. The van der Waals surface area contributed by atoms with E-state index in [1.807, 2.05) is 30.3 Å². The van der Waals surface area contributed by atoms with E-state index in [1.54, 1.807) is 0 Å². The van der Waals surface area contributed by atoms with E-state index >= 15 is 0 Å². The van der Waals surface area contributed by atoms with Crippen LogP contribution < -0.4 is 0 Å². The van der Waals surface area contributed by atoms with Crippen LogP contribution in [-0.2, 0) is 0 Å². The van der Waals surface area contributed by atoms with Crippen molar-refractivity contribution in [3.05, 3.63) is 271 Å². The van der Waals surface area contributed by atoms with Gasteiger partial charge in [-0.3, -0.25) is 0 Å². The molecule has 4 nitrogen and oxygen atoms in total. The van der Waals surface area contributed by atoms with E-state index < -0.39 is 0 Å². The Morgan fingerprint density at radius 2 is 0.644 bits per heavy atom. The van der Waals surface area contributed by atoms with Gasteiger partial charge in [0, 0.05) is 86.4 Å². The van der Waals surface area contributed by atoms with Crippen molar-refractivity contribution in [1.29, 1.82) is 0 Å². The second kappa shape index (κ2) is 17.6. The Labute approximate surface area is 429 Å². The van der Waals surface area contributed by atoms with Crippen LogP contribution in [0.3, 0.4) is 0 Å². The predicted octanol–water partition coefficient (Wildman–Crippen LogP) is 19.1. The molecule has 0 aliphatic heterocycles. The molecule has 5 heteroatoms. The number of fused-ring (bicyclic) bond motifs is 18. The third-order valence-electron chi connectivity index (χ3n) is 14.5. The Kier molecular flexibility index (Phi) is 10.3. The number of hydrogen-bond donors (Lipinski definition) is 1. The van der Waals surface area contributed by atoms with E-state index in [1.165, 1.54) is 126 Å². The van der Waals surface area contributed by atoms with Gasteiger partial charge >= 0.3 is 0 Å². The first-order valence-electron chi connectivity index (χ1n) is 24.8. The maximum Gasteiger partial charge on any atom is 0.0619 e. The first-order chi connectivity index (χ1) is 36.2. The van der Waals surface area contributed by atoms with Gasteiger partial charge in [-0.25, -0.2) is 0 Å². The van der Waals surface area contributed by atoms with Crippen LogP contribution in [0.2, 0.25) is 0 Å². The van der Waals surface area contributed by atoms with E-state index in [2.05, 4.69) is 271 Å². The molecule has 0 saturated carbocycles. The lowest BCUT2D eigenvalue weighted by Gasteiger charge is -2.10. The zero-order chi connectivity index (χ0) is 48.4. The highest BCUT2D eigenvalue weighted by Gasteiger charge is 2.22. The number of nitrogens with one attached hydrogen (secondary N) is 1. The number of hydrogen-bond acceptors (Lipinski definition) is 0. The number of aromatic amines is 1. The lowest BCUT2D eigenvalue weighted by atomic mass is 10.0. The van der Waals surface area contributed by atoms with E-state index in [0.717, 1.165) is 4.47 Å². The topological polar surface area (TPSA) is 30.6 Å². The Balaban J connectivity index is 0.000000121. The fourth-order valence-corrected chi connectivity index (χ4v) is 11.8. The second-order valence-electron chi connectivity index (χ2n) is 18.6. The van der Waals surface area contributed by atoms with Crippen molar-refractivity contribution in [2.24, 2.45) is 0 Å². The molecule has 4 aromatic heterocycles. The van der Waals surface area contributed by atoms with Crippen LogP contribution in [-0.4, -0.2) is 18.7 Å². The highest BCUT2D eigenvalue weighted by atomic mass is 79.9. The summed E-state index contributed by atoms with van der Waals surface area (Å²) in [5.74, 6) is 0. The minimum atomic E-state index is 1.13. The Hall–Kier alpha value is -9.16. The van der Waals surface area contributed by atoms with Crippen LogP contribution in [0.15, 0.2) is 271 Å². The first kappa shape index (κ1) is 42.7. The molecule has 0 fully saturated rings. The van der Waals surface area contributed by atoms with Gasteiger partial charge in [-0.05, 0) is 95.7 Å². The maximum atomic E-state index is 3.61. The van der Waals surface area contributed by atoms with Crippen molar-refractivity contribution >= 4 is 125 Å². The normalized spacial score (nSPS) is 11.6. The average Bonchev–Trinajstić information content (AvgIpc) is 4.23. The van der Waals surface area contributed by atoms with Gasteiger partial charge in [-0.2, -0.15) is 0 Å². The van der Waals surface area contributed by atoms with Crippen molar-refractivity contribution < 1.29 is 0 Å². The molecular weight excluding hydrogens is 953 g/mol. The monoisotopic (exact) mass is 996 g/mol. The van der Waals surface area contributed by atoms with Gasteiger partial charge < -0.3 is 18.7 Å². The van der Waals surface area contributed by atoms with E-state index in [-0.39, 0.29) is 0 Å². The van der Waals surface area contributed by atoms with Gasteiger partial charge in [-0.15, -0.1) is 0 Å². The second-order valence-corrected chi connectivity index (χ2v) is 19.5. The molecule has 12 aromatic carbocycles. The molecule has 16 rings (SSSR count). The molecule has 0 atom stereocenters. The van der Waals surface area contributed by atoms with Crippen molar-refractivity contribution in [2.75, 3.05) is 0 Å². The summed E-state index contributed by atoms with van der Waals surface area (Å²) in [7, 11) is 0. The van der Waals surface area contributed by atoms with E-state index in [4.69, 9.17) is 0 Å². The largest absolute Gasteiger partial charge is 0.354 e. The lowest BCUT2D eigenvalue weighted by Crippen LogP contribution is -1.94. The molecule has 0 spiro atoms. The highest BCUT2D eigenvalue weighted by molar-refractivity contribution is 9.10. The first-order valence-corrected chi connectivity index (χ1v) is 25.6. The molecule has 16 aromatic rings. The minimum absolute atomic E-state index is 1.13. The van der Waals surface area contributed by atoms with Gasteiger partial charge in [-0.1, -0.05) is 198 Å². The zero-order valence-electron chi connectivity index (χ0n) is 39.6. The van der Waals surface area contributed by atoms with Gasteiger partial charge in [0.15, 0.2) is 0 Å². The number of para-hydroxylation sites is 5. The summed E-state index contributed by atoms with van der Waals surface area (Å²) in [6, 6.07) is 95.1. The number of benzene rings is 12. The smallest absolute Gasteiger partial charge is 0.0619 e. The van der Waals surface area contributed by atoms with Crippen LogP contribution in [0.4, 0.5) is 0 Å². The summed E-state index contributed by atoms with van der Waals surface area (Å²) >= 11 is 3.31. The maximum absolute atomic E-state index is 3.61. The molecular formula is C68H45BrN4. The third-order valence-corrected chi connectivity index (χ3v) is 15.0. The van der Waals surface area contributed by atoms with Gasteiger partial charge in [0.1, 0.15) is 0 Å². The molecule has 73 heavy (non-hydrogen) atoms. The fraction of sp³-hybridized carbons (Fsp3) is 0. The minimum Gasteiger partial charge on any atom is -0.354 e. The molecule has 344 valence electrons. The lowest BCUT2D eigenvalue weighted by molar-refractivity contribution is 1.17. The molecule has 0 aliphatic carbocycles. The molecule has 0 unspecified atom stereocenters. The fourth-order valence-electron chi connectivity index (χ4n) is 11.5. The predicted molar refractivity (Wildman–Crippen MR) is 314 cm³/mol. The summed E-state index contributed by atoms with van der Waals surface area (Å²) in [6.45, 7) is 0. The van der Waals surface area contributed by atoms with Gasteiger partial charge in [0.25, 0.3) is 0 Å². The molecule has 1 N–H and O–H groups in total. The van der Waals surface area contributed by atoms with Crippen LogP contribution in [0.25, 0.3) is 126 Å². The summed E-state index contributed by atoms with van der Waals surface area (Å²) in [5.41, 5.74) is 13.4. The SMILES string of the molecule is Brc1ccccc1.c1ccc(-n2c3ccc4[nH]c5ccccc5c4c3c3ccc4ccccc4c32)cc1.c1ccc(-n2c3ccccc3c3c4c5ccc6ccccc6c5n(-c5ccccc5)c4ccc32)cc1. The van der Waals surface area contributed by atoms with Gasteiger partial charge in [0.05, 0.1) is 33.1 Å². The average molecular weight is 998 g/mol. The standard InChI is InChI=1S/C34H22N2.C28H18N2.C6H5Br/c1-3-12-24(13-4-1)35-29-18-10-9-17-27(29)32-30(35)21-22-31-33(32)28-20-19-23-11-7-8-16-26(23)34(28)36(31)25-14-5-2-6-15-25;1-2-9-19(10-3-1)30-25-17-16-24-26(21-12-6-7-13-23(21)29-24)27(25)22-15-14-18-8-4-5-11-20(18)28(22)30;7-6-4-2-1-3-5-6/h1-22H;1-17,29H;1-5H. The van der Waals surface area contributed by atoms with Crippen LogP contribution in [0.5, 0.6) is 0 Å². The van der Waals surface area contributed by atoms with Crippen LogP contribution in [0.1, 0.15) is 0 Å². The van der Waals surface area contributed by atoms with Crippen molar-refractivity contribution in [1.82, 2.24) is 18.7 Å².